The number of likely N-dealkylation sites (N-methyl/N-ethyl adjacent to an activating group) is 1. The van der Waals surface area contributed by atoms with E-state index in [1.54, 1.807) is 7.11 Å². The van der Waals surface area contributed by atoms with Gasteiger partial charge in [0.05, 0.1) is 13.2 Å². The minimum Gasteiger partial charge on any atom is -0.497 e. The van der Waals surface area contributed by atoms with Crippen LogP contribution in [0.25, 0.3) is 0 Å². The second-order valence-corrected chi connectivity index (χ2v) is 4.58. The SMILES string of the molecule is CCN(CC)C(C)(C#N)Cc1ccc(OC)cc1. The maximum absolute atomic E-state index is 9.46. The highest BCUT2D eigenvalue weighted by molar-refractivity contribution is 5.29. The number of hydrogen-bond donors (Lipinski definition) is 0. The molecule has 0 aliphatic carbocycles. The predicted octanol–water partition coefficient (Wildman–Crippen LogP) is 2.86. The molecule has 3 nitrogen and oxygen atoms in total. The molecule has 0 aliphatic rings. The molecular formula is C15H22N2O. The lowest BCUT2D eigenvalue weighted by Crippen LogP contribution is -2.46. The Hall–Kier alpha value is -1.53. The quantitative estimate of drug-likeness (QED) is 0.774. The maximum atomic E-state index is 9.46. The molecule has 0 radical (unpaired) electrons. The highest BCUT2D eigenvalue weighted by atomic mass is 16.5. The van der Waals surface area contributed by atoms with Gasteiger partial charge in [-0.25, -0.2) is 0 Å². The third-order valence-electron chi connectivity index (χ3n) is 3.41. The zero-order valence-electron chi connectivity index (χ0n) is 11.7. The molecule has 1 atom stereocenters. The fourth-order valence-electron chi connectivity index (χ4n) is 2.28. The summed E-state index contributed by atoms with van der Waals surface area (Å²) in [5.41, 5.74) is 0.713. The number of rotatable bonds is 6. The zero-order chi connectivity index (χ0) is 13.6. The van der Waals surface area contributed by atoms with Crippen LogP contribution in [0.3, 0.4) is 0 Å². The van der Waals surface area contributed by atoms with Gasteiger partial charge in [0.25, 0.3) is 0 Å². The van der Waals surface area contributed by atoms with Crippen LogP contribution in [0.5, 0.6) is 5.75 Å². The molecule has 0 fully saturated rings. The van der Waals surface area contributed by atoms with Crippen molar-refractivity contribution in [2.75, 3.05) is 20.2 Å². The first kappa shape index (κ1) is 14.5. The van der Waals surface area contributed by atoms with Crippen molar-refractivity contribution in [2.24, 2.45) is 0 Å². The molecule has 0 amide bonds. The molecule has 0 saturated carbocycles. The van der Waals surface area contributed by atoms with E-state index in [9.17, 15) is 5.26 Å². The molecule has 18 heavy (non-hydrogen) atoms. The van der Waals surface area contributed by atoms with Crippen LogP contribution < -0.4 is 4.74 Å². The smallest absolute Gasteiger partial charge is 0.118 e. The minimum absolute atomic E-state index is 0.446. The lowest BCUT2D eigenvalue weighted by atomic mass is 9.92. The molecule has 3 heteroatoms. The molecule has 0 N–H and O–H groups in total. The fraction of sp³-hybridized carbons (Fsp3) is 0.533. The van der Waals surface area contributed by atoms with Crippen molar-refractivity contribution in [3.05, 3.63) is 29.8 Å². The van der Waals surface area contributed by atoms with Gasteiger partial charge in [-0.1, -0.05) is 26.0 Å². The lowest BCUT2D eigenvalue weighted by molar-refractivity contribution is 0.169. The van der Waals surface area contributed by atoms with Gasteiger partial charge in [0.1, 0.15) is 11.3 Å². The molecule has 0 bridgehead atoms. The molecule has 1 aromatic rings. The molecular weight excluding hydrogens is 224 g/mol. The molecule has 1 rings (SSSR count). The van der Waals surface area contributed by atoms with E-state index >= 15 is 0 Å². The van der Waals surface area contributed by atoms with Crippen LogP contribution in [0.2, 0.25) is 0 Å². The van der Waals surface area contributed by atoms with Crippen LogP contribution in [-0.2, 0) is 6.42 Å². The van der Waals surface area contributed by atoms with Crippen molar-refractivity contribution in [3.63, 3.8) is 0 Å². The number of hydrogen-bond acceptors (Lipinski definition) is 3. The highest BCUT2D eigenvalue weighted by Crippen LogP contribution is 2.21. The van der Waals surface area contributed by atoms with Gasteiger partial charge in [-0.05, 0) is 37.7 Å². The Morgan fingerprint density at radius 3 is 2.17 bits per heavy atom. The number of benzene rings is 1. The van der Waals surface area contributed by atoms with Crippen LogP contribution in [0.4, 0.5) is 0 Å². The monoisotopic (exact) mass is 246 g/mol. The van der Waals surface area contributed by atoms with Gasteiger partial charge in [0, 0.05) is 6.42 Å². The molecule has 0 spiro atoms. The summed E-state index contributed by atoms with van der Waals surface area (Å²) in [5.74, 6) is 0.847. The Labute approximate surface area is 110 Å². The van der Waals surface area contributed by atoms with Gasteiger partial charge in [-0.15, -0.1) is 0 Å². The first-order chi connectivity index (χ1) is 8.59. The molecule has 0 heterocycles. The zero-order valence-corrected chi connectivity index (χ0v) is 11.7. The molecule has 1 aromatic carbocycles. The Morgan fingerprint density at radius 2 is 1.78 bits per heavy atom. The van der Waals surface area contributed by atoms with Gasteiger partial charge in [-0.3, -0.25) is 4.90 Å². The second-order valence-electron chi connectivity index (χ2n) is 4.58. The van der Waals surface area contributed by atoms with E-state index in [4.69, 9.17) is 4.74 Å². The first-order valence-electron chi connectivity index (χ1n) is 6.38. The van der Waals surface area contributed by atoms with E-state index in [2.05, 4.69) is 24.8 Å². The Bertz CT molecular complexity index is 403. The summed E-state index contributed by atoms with van der Waals surface area (Å²) in [4.78, 5) is 2.19. The summed E-state index contributed by atoms with van der Waals surface area (Å²) >= 11 is 0. The highest BCUT2D eigenvalue weighted by Gasteiger charge is 2.30. The topological polar surface area (TPSA) is 36.3 Å². The summed E-state index contributed by atoms with van der Waals surface area (Å²) in [6.07, 6.45) is 0.731. The summed E-state index contributed by atoms with van der Waals surface area (Å²) < 4.78 is 5.14. The van der Waals surface area contributed by atoms with Crippen LogP contribution in [0.15, 0.2) is 24.3 Å². The average Bonchev–Trinajstić information content (AvgIpc) is 2.41. The van der Waals surface area contributed by atoms with E-state index in [1.165, 1.54) is 0 Å². The molecule has 98 valence electrons. The Balaban J connectivity index is 2.88. The summed E-state index contributed by atoms with van der Waals surface area (Å²) in [7, 11) is 1.66. The molecule has 1 unspecified atom stereocenters. The van der Waals surface area contributed by atoms with Crippen molar-refractivity contribution in [1.82, 2.24) is 4.90 Å². The second kappa shape index (κ2) is 6.42. The van der Waals surface area contributed by atoms with Crippen molar-refractivity contribution in [2.45, 2.75) is 32.7 Å². The molecule has 0 saturated heterocycles. The number of nitrogens with zero attached hydrogens (tertiary/aromatic N) is 2. The minimum atomic E-state index is -0.446. The summed E-state index contributed by atoms with van der Waals surface area (Å²) in [6, 6.07) is 10.4. The third kappa shape index (κ3) is 3.24. The normalized spacial score (nSPS) is 14.0. The molecule has 0 aromatic heterocycles. The van der Waals surface area contributed by atoms with E-state index < -0.39 is 5.54 Å². The van der Waals surface area contributed by atoms with E-state index in [0.29, 0.717) is 0 Å². The summed E-state index contributed by atoms with van der Waals surface area (Å²) in [6.45, 7) is 7.96. The van der Waals surface area contributed by atoms with Crippen molar-refractivity contribution in [3.8, 4) is 11.8 Å². The van der Waals surface area contributed by atoms with Gasteiger partial charge >= 0.3 is 0 Å². The van der Waals surface area contributed by atoms with Gasteiger partial charge < -0.3 is 4.74 Å². The van der Waals surface area contributed by atoms with E-state index in [-0.39, 0.29) is 0 Å². The Morgan fingerprint density at radius 1 is 1.22 bits per heavy atom. The van der Waals surface area contributed by atoms with Crippen LogP contribution in [0, 0.1) is 11.3 Å². The van der Waals surface area contributed by atoms with Crippen LogP contribution in [-0.4, -0.2) is 30.6 Å². The maximum Gasteiger partial charge on any atom is 0.118 e. The first-order valence-corrected chi connectivity index (χ1v) is 6.38. The van der Waals surface area contributed by atoms with Gasteiger partial charge in [0.15, 0.2) is 0 Å². The number of ether oxygens (including phenoxy) is 1. The van der Waals surface area contributed by atoms with Crippen LogP contribution >= 0.6 is 0 Å². The fourth-order valence-corrected chi connectivity index (χ4v) is 2.28. The molecule has 0 aliphatic heterocycles. The van der Waals surface area contributed by atoms with E-state index in [1.807, 2.05) is 31.2 Å². The average molecular weight is 246 g/mol. The van der Waals surface area contributed by atoms with E-state index in [0.717, 1.165) is 30.8 Å². The summed E-state index contributed by atoms with van der Waals surface area (Å²) in [5, 5.41) is 9.46. The van der Waals surface area contributed by atoms with Gasteiger partial charge in [0.2, 0.25) is 0 Å². The number of methoxy groups -OCH3 is 1. The van der Waals surface area contributed by atoms with Crippen molar-refractivity contribution >= 4 is 0 Å². The largest absolute Gasteiger partial charge is 0.497 e. The Kier molecular flexibility index (Phi) is 5.18. The lowest BCUT2D eigenvalue weighted by Gasteiger charge is -2.34. The standard InChI is InChI=1S/C15H22N2O/c1-5-17(6-2)15(3,12-16)11-13-7-9-14(18-4)10-8-13/h7-10H,5-6,11H2,1-4H3. The van der Waals surface area contributed by atoms with Crippen molar-refractivity contribution in [1.29, 1.82) is 5.26 Å². The third-order valence-corrected chi connectivity index (χ3v) is 3.41. The van der Waals surface area contributed by atoms with Crippen LogP contribution in [0.1, 0.15) is 26.3 Å². The van der Waals surface area contributed by atoms with Gasteiger partial charge in [-0.2, -0.15) is 5.26 Å². The number of nitriles is 1. The van der Waals surface area contributed by atoms with Crippen molar-refractivity contribution < 1.29 is 4.74 Å². The predicted molar refractivity (Wildman–Crippen MR) is 73.6 cm³/mol.